The summed E-state index contributed by atoms with van der Waals surface area (Å²) in [5, 5.41) is 5.85. The third kappa shape index (κ3) is 5.05. The smallest absolute Gasteiger partial charge is 0.146 e. The van der Waals surface area contributed by atoms with Crippen molar-refractivity contribution in [2.24, 2.45) is 0 Å². The molecule has 6 aromatic heterocycles. The summed E-state index contributed by atoms with van der Waals surface area (Å²) in [6.07, 6.45) is 7.41. The Balaban J connectivity index is 1.12. The molecule has 6 heterocycles. The van der Waals surface area contributed by atoms with E-state index in [4.69, 9.17) is 9.97 Å². The molecule has 58 heavy (non-hydrogen) atoms. The van der Waals surface area contributed by atoms with Crippen LogP contribution in [0.1, 0.15) is 0 Å². The number of fused-ring (bicyclic) bond motifs is 11. The highest BCUT2D eigenvalue weighted by Gasteiger charge is 2.20. The number of hydrogen-bond acceptors (Lipinski definition) is 4. The lowest BCUT2D eigenvalue weighted by Gasteiger charge is -2.15. The Morgan fingerprint density at radius 3 is 1.52 bits per heavy atom. The molecular weight excluding hydrogens is 709 g/mol. The van der Waals surface area contributed by atoms with E-state index in [9.17, 15) is 0 Å². The molecule has 0 aliphatic rings. The molecule has 12 aromatic rings. The molecule has 12 rings (SSSR count). The van der Waals surface area contributed by atoms with E-state index >= 15 is 0 Å². The molecule has 270 valence electrons. The van der Waals surface area contributed by atoms with Crippen molar-refractivity contribution in [3.63, 3.8) is 0 Å². The first-order valence-electron chi connectivity index (χ1n) is 19.4. The van der Waals surface area contributed by atoms with Crippen molar-refractivity contribution in [1.82, 2.24) is 28.9 Å². The number of rotatable bonds is 5. The van der Waals surface area contributed by atoms with Gasteiger partial charge in [-0.15, -0.1) is 0 Å². The quantitative estimate of drug-likeness (QED) is 0.165. The zero-order chi connectivity index (χ0) is 38.2. The summed E-state index contributed by atoms with van der Waals surface area (Å²) >= 11 is 0. The van der Waals surface area contributed by atoms with Gasteiger partial charge in [-0.25, -0.2) is 9.97 Å². The molecule has 0 aliphatic heterocycles. The average Bonchev–Trinajstić information content (AvgIpc) is 3.85. The second-order valence-electron chi connectivity index (χ2n) is 14.8. The summed E-state index contributed by atoms with van der Waals surface area (Å²) in [7, 11) is 0. The first-order valence-corrected chi connectivity index (χ1v) is 19.4. The lowest BCUT2D eigenvalue weighted by molar-refractivity contribution is 1.16. The van der Waals surface area contributed by atoms with Crippen LogP contribution in [0.5, 0.6) is 0 Å². The summed E-state index contributed by atoms with van der Waals surface area (Å²) in [6.45, 7) is 0. The van der Waals surface area contributed by atoms with Gasteiger partial charge in [0.1, 0.15) is 5.65 Å². The summed E-state index contributed by atoms with van der Waals surface area (Å²) in [6, 6.07) is 60.4. The van der Waals surface area contributed by atoms with Crippen LogP contribution in [-0.4, -0.2) is 28.9 Å². The lowest BCUT2D eigenvalue weighted by atomic mass is 10.0. The minimum Gasteiger partial charge on any atom is -0.309 e. The molecule has 0 saturated carbocycles. The van der Waals surface area contributed by atoms with Crippen molar-refractivity contribution < 1.29 is 0 Å². The van der Waals surface area contributed by atoms with E-state index in [1.54, 1.807) is 12.4 Å². The number of hydrogen-bond donors (Lipinski definition) is 0. The number of pyridine rings is 4. The molecular formula is C52H32N6. The standard InChI is InChI=1S/C52H32N6/c1-2-13-42-40(11-1)43-29-50-44(30-51(43)58-49-16-6-4-14-45(49)56-52(42)58)41-12-3-5-15-48(41)57(50)39-27-46(35-21-17-33(18-22-35)37-9-7-25-53-31-37)55-47(28-39)36-23-19-34(20-24-36)38-10-8-26-54-32-38/h1-32H. The Hall–Kier alpha value is -7.96. The Kier molecular flexibility index (Phi) is 7.13. The molecule has 0 amide bonds. The topological polar surface area (TPSA) is 60.9 Å². The number of benzene rings is 6. The predicted octanol–water partition coefficient (Wildman–Crippen LogP) is 12.7. The van der Waals surface area contributed by atoms with Crippen molar-refractivity contribution in [3.05, 3.63) is 195 Å². The predicted molar refractivity (Wildman–Crippen MR) is 237 cm³/mol. The second-order valence-corrected chi connectivity index (χ2v) is 14.8. The molecule has 0 aliphatic carbocycles. The van der Waals surface area contributed by atoms with Gasteiger partial charge in [0.15, 0.2) is 0 Å². The monoisotopic (exact) mass is 740 g/mol. The fourth-order valence-corrected chi connectivity index (χ4v) is 8.72. The fourth-order valence-electron chi connectivity index (χ4n) is 8.72. The minimum atomic E-state index is 0.894. The molecule has 6 nitrogen and oxygen atoms in total. The van der Waals surface area contributed by atoms with Crippen molar-refractivity contribution in [2.75, 3.05) is 0 Å². The molecule has 0 N–H and O–H groups in total. The maximum atomic E-state index is 5.35. The highest BCUT2D eigenvalue weighted by Crippen LogP contribution is 2.40. The summed E-state index contributed by atoms with van der Waals surface area (Å²) in [5.41, 5.74) is 15.7. The Morgan fingerprint density at radius 2 is 0.879 bits per heavy atom. The Morgan fingerprint density at radius 1 is 0.345 bits per heavy atom. The molecule has 0 atom stereocenters. The van der Waals surface area contributed by atoms with E-state index in [-0.39, 0.29) is 0 Å². The van der Waals surface area contributed by atoms with Crippen molar-refractivity contribution in [1.29, 1.82) is 0 Å². The second kappa shape index (κ2) is 12.8. The largest absolute Gasteiger partial charge is 0.309 e. The molecule has 0 saturated heterocycles. The molecule has 6 heteroatoms. The van der Waals surface area contributed by atoms with Gasteiger partial charge < -0.3 is 4.57 Å². The van der Waals surface area contributed by atoms with Crippen molar-refractivity contribution in [2.45, 2.75) is 0 Å². The highest BCUT2D eigenvalue weighted by molar-refractivity contribution is 6.20. The molecule has 0 unspecified atom stereocenters. The highest BCUT2D eigenvalue weighted by atomic mass is 15.0. The molecule has 0 bridgehead atoms. The van der Waals surface area contributed by atoms with E-state index in [0.717, 1.165) is 89.1 Å². The number of para-hydroxylation sites is 3. The van der Waals surface area contributed by atoms with Crippen molar-refractivity contribution >= 4 is 60.2 Å². The van der Waals surface area contributed by atoms with Gasteiger partial charge in [-0.2, -0.15) is 0 Å². The van der Waals surface area contributed by atoms with Crippen LogP contribution >= 0.6 is 0 Å². The van der Waals surface area contributed by atoms with Crippen LogP contribution in [0.3, 0.4) is 0 Å². The van der Waals surface area contributed by atoms with E-state index in [1.165, 1.54) is 21.5 Å². The summed E-state index contributed by atoms with van der Waals surface area (Å²) in [4.78, 5) is 19.2. The number of aromatic nitrogens is 6. The maximum Gasteiger partial charge on any atom is 0.146 e. The Bertz CT molecular complexity index is 3430. The van der Waals surface area contributed by atoms with Crippen LogP contribution in [0.4, 0.5) is 0 Å². The van der Waals surface area contributed by atoms with E-state index in [2.05, 4.69) is 177 Å². The van der Waals surface area contributed by atoms with Crippen LogP contribution in [0, 0.1) is 0 Å². The van der Waals surface area contributed by atoms with Gasteiger partial charge in [-0.3, -0.25) is 14.4 Å². The zero-order valence-corrected chi connectivity index (χ0v) is 31.2. The van der Waals surface area contributed by atoms with Gasteiger partial charge in [0.2, 0.25) is 0 Å². The first-order chi connectivity index (χ1) is 28.7. The van der Waals surface area contributed by atoms with Crippen LogP contribution < -0.4 is 0 Å². The lowest BCUT2D eigenvalue weighted by Crippen LogP contribution is -1.99. The van der Waals surface area contributed by atoms with E-state index in [0.29, 0.717) is 0 Å². The van der Waals surface area contributed by atoms with Gasteiger partial charge in [-0.1, -0.05) is 115 Å². The van der Waals surface area contributed by atoms with Gasteiger partial charge >= 0.3 is 0 Å². The van der Waals surface area contributed by atoms with E-state index < -0.39 is 0 Å². The van der Waals surface area contributed by atoms with Crippen molar-refractivity contribution in [3.8, 4) is 50.5 Å². The summed E-state index contributed by atoms with van der Waals surface area (Å²) in [5.74, 6) is 0. The molecule has 0 radical (unpaired) electrons. The number of nitrogens with zero attached hydrogens (tertiary/aromatic N) is 6. The first kappa shape index (κ1) is 32.3. The maximum absolute atomic E-state index is 5.35. The van der Waals surface area contributed by atoms with Gasteiger partial charge in [-0.05, 0) is 82.2 Å². The van der Waals surface area contributed by atoms with Gasteiger partial charge in [0, 0.05) is 57.5 Å². The third-order valence-electron chi connectivity index (χ3n) is 11.5. The molecule has 0 fully saturated rings. The van der Waals surface area contributed by atoms with Gasteiger partial charge in [0.25, 0.3) is 0 Å². The fraction of sp³-hybridized carbons (Fsp3) is 0. The normalized spacial score (nSPS) is 11.8. The Labute approximate surface area is 333 Å². The van der Waals surface area contributed by atoms with Crippen LogP contribution in [-0.2, 0) is 0 Å². The molecule has 0 spiro atoms. The number of imidazole rings is 1. The minimum absolute atomic E-state index is 0.894. The zero-order valence-electron chi connectivity index (χ0n) is 31.2. The third-order valence-corrected chi connectivity index (χ3v) is 11.5. The van der Waals surface area contributed by atoms with Gasteiger partial charge in [0.05, 0.1) is 44.7 Å². The van der Waals surface area contributed by atoms with Crippen LogP contribution in [0.15, 0.2) is 195 Å². The average molecular weight is 741 g/mol. The SMILES string of the molecule is c1cncc(-c2ccc(-c3cc(-n4c5ccccc5c5cc6c(cc54)c4ccccc4c4nc5ccccc5n64)cc(-c4ccc(-c5cccnc5)cc4)n3)cc2)c1. The van der Waals surface area contributed by atoms with Crippen LogP contribution in [0.25, 0.3) is 111 Å². The molecule has 6 aromatic carbocycles. The van der Waals surface area contributed by atoms with E-state index in [1.807, 2.05) is 24.5 Å². The van der Waals surface area contributed by atoms with Crippen LogP contribution in [0.2, 0.25) is 0 Å². The summed E-state index contributed by atoms with van der Waals surface area (Å²) < 4.78 is 4.75.